The Bertz CT molecular complexity index is 748. The van der Waals surface area contributed by atoms with Crippen molar-refractivity contribution in [3.05, 3.63) is 35.9 Å². The lowest BCUT2D eigenvalue weighted by Gasteiger charge is -2.35. The minimum atomic E-state index is -1.88. The molecule has 1 N–H and O–H groups in total. The molecule has 0 radical (unpaired) electrons. The van der Waals surface area contributed by atoms with E-state index in [4.69, 9.17) is 14.2 Å². The minimum absolute atomic E-state index is 0.239. The number of hydrogen-bond acceptors (Lipinski definition) is 7. The van der Waals surface area contributed by atoms with E-state index in [1.54, 1.807) is 59.7 Å². The molecule has 2 amide bonds. The number of esters is 1. The van der Waals surface area contributed by atoms with Crippen LogP contribution in [0.3, 0.4) is 0 Å². The molecule has 0 heterocycles. The van der Waals surface area contributed by atoms with Crippen LogP contribution in [0.15, 0.2) is 30.3 Å². The van der Waals surface area contributed by atoms with Gasteiger partial charge in [-0.05, 0) is 47.1 Å². The van der Waals surface area contributed by atoms with Gasteiger partial charge in [-0.15, -0.1) is 0 Å². The van der Waals surface area contributed by atoms with Gasteiger partial charge in [-0.2, -0.15) is 0 Å². The van der Waals surface area contributed by atoms with Gasteiger partial charge in [0.05, 0.1) is 0 Å². The molecule has 9 heteroatoms. The summed E-state index contributed by atoms with van der Waals surface area (Å²) in [5.74, 6) is -2.44. The lowest BCUT2D eigenvalue weighted by atomic mass is 9.99. The van der Waals surface area contributed by atoms with Crippen molar-refractivity contribution in [1.29, 1.82) is 0 Å². The first-order valence-corrected chi connectivity index (χ1v) is 9.32. The highest BCUT2D eigenvalue weighted by Gasteiger charge is 2.45. The van der Waals surface area contributed by atoms with Crippen LogP contribution in [0, 0.1) is 0 Å². The predicted octanol–water partition coefficient (Wildman–Crippen LogP) is 3.92. The molecule has 30 heavy (non-hydrogen) atoms. The number of carbonyl (C=O) groups excluding carboxylic acids is 3. The fourth-order valence-electron chi connectivity index (χ4n) is 2.46. The van der Waals surface area contributed by atoms with E-state index < -0.39 is 47.5 Å². The average molecular weight is 423 g/mol. The van der Waals surface area contributed by atoms with E-state index >= 15 is 0 Å². The van der Waals surface area contributed by atoms with Crippen LogP contribution in [0.1, 0.15) is 60.1 Å². The van der Waals surface area contributed by atoms with Crippen molar-refractivity contribution in [1.82, 2.24) is 4.90 Å². The second-order valence-corrected chi connectivity index (χ2v) is 8.55. The SMILES string of the molecule is CC(=O)OC(C(=O)O)[C@@H](c1ccccc1)N(C(=O)OC(C)(C)C)C(=O)OC(C)(C)C. The van der Waals surface area contributed by atoms with Crippen LogP contribution >= 0.6 is 0 Å². The molecule has 2 atom stereocenters. The van der Waals surface area contributed by atoms with Gasteiger partial charge >= 0.3 is 24.1 Å². The van der Waals surface area contributed by atoms with Crippen molar-refractivity contribution < 1.29 is 38.5 Å². The number of carboxylic acid groups (broad SMARTS) is 1. The van der Waals surface area contributed by atoms with Crippen molar-refractivity contribution >= 4 is 24.1 Å². The minimum Gasteiger partial charge on any atom is -0.478 e. The lowest BCUT2D eigenvalue weighted by molar-refractivity contribution is -0.167. The van der Waals surface area contributed by atoms with Crippen molar-refractivity contribution in [2.24, 2.45) is 0 Å². The van der Waals surface area contributed by atoms with E-state index in [-0.39, 0.29) is 5.56 Å². The maximum atomic E-state index is 13.0. The monoisotopic (exact) mass is 423 g/mol. The number of imide groups is 1. The maximum Gasteiger partial charge on any atom is 0.420 e. The molecule has 1 aromatic rings. The highest BCUT2D eigenvalue weighted by Crippen LogP contribution is 2.30. The normalized spacial score (nSPS) is 13.6. The Kier molecular flexibility index (Phi) is 7.98. The second-order valence-electron chi connectivity index (χ2n) is 8.55. The Morgan fingerprint density at radius 2 is 1.30 bits per heavy atom. The second kappa shape index (κ2) is 9.60. The summed E-state index contributed by atoms with van der Waals surface area (Å²) < 4.78 is 15.6. The number of aliphatic carboxylic acids is 1. The predicted molar refractivity (Wildman–Crippen MR) is 107 cm³/mol. The highest BCUT2D eigenvalue weighted by atomic mass is 16.6. The van der Waals surface area contributed by atoms with Crippen molar-refractivity contribution in [3.63, 3.8) is 0 Å². The van der Waals surface area contributed by atoms with E-state index in [1.807, 2.05) is 0 Å². The fraction of sp³-hybridized carbons (Fsp3) is 0.524. The molecular weight excluding hydrogens is 394 g/mol. The zero-order chi connectivity index (χ0) is 23.3. The molecular formula is C21H29NO8. The Morgan fingerprint density at radius 3 is 1.63 bits per heavy atom. The quantitative estimate of drug-likeness (QED) is 0.559. The van der Waals surface area contributed by atoms with Gasteiger partial charge in [0.2, 0.25) is 6.10 Å². The number of hydrogen-bond donors (Lipinski definition) is 1. The molecule has 0 spiro atoms. The molecule has 1 unspecified atom stereocenters. The molecule has 0 aromatic heterocycles. The Morgan fingerprint density at radius 1 is 0.867 bits per heavy atom. The average Bonchev–Trinajstić information content (AvgIpc) is 2.54. The number of nitrogens with zero attached hydrogens (tertiary/aromatic N) is 1. The summed E-state index contributed by atoms with van der Waals surface area (Å²) >= 11 is 0. The molecule has 1 rings (SSSR count). The van der Waals surface area contributed by atoms with Gasteiger partial charge in [-0.25, -0.2) is 19.3 Å². The molecule has 1 aromatic carbocycles. The van der Waals surface area contributed by atoms with Crippen LogP contribution in [0.4, 0.5) is 9.59 Å². The number of carboxylic acids is 1. The Balaban J connectivity index is 3.64. The Hall–Kier alpha value is -3.10. The third-order valence-corrected chi connectivity index (χ3v) is 3.42. The summed E-state index contributed by atoms with van der Waals surface area (Å²) in [4.78, 5) is 50.0. The van der Waals surface area contributed by atoms with Gasteiger partial charge in [-0.3, -0.25) is 4.79 Å². The van der Waals surface area contributed by atoms with Crippen LogP contribution in [0.5, 0.6) is 0 Å². The van der Waals surface area contributed by atoms with Crippen LogP contribution in [0.2, 0.25) is 0 Å². The third-order valence-electron chi connectivity index (χ3n) is 3.42. The summed E-state index contributed by atoms with van der Waals surface area (Å²) in [6, 6.07) is 6.34. The molecule has 0 bridgehead atoms. The van der Waals surface area contributed by atoms with Crippen LogP contribution in [-0.4, -0.2) is 51.4 Å². The standard InChI is InChI=1S/C21H29NO8/c1-13(23)28-16(17(24)25)15(14-11-9-8-10-12-14)22(18(26)29-20(2,3)4)19(27)30-21(5,6)7/h8-12,15-16H,1-7H3,(H,24,25)/t15-,16?/m1/s1. The fourth-order valence-corrected chi connectivity index (χ4v) is 2.46. The van der Waals surface area contributed by atoms with Gasteiger partial charge < -0.3 is 19.3 Å². The van der Waals surface area contributed by atoms with E-state index in [2.05, 4.69) is 0 Å². The van der Waals surface area contributed by atoms with E-state index in [9.17, 15) is 24.3 Å². The smallest absolute Gasteiger partial charge is 0.420 e. The van der Waals surface area contributed by atoms with Gasteiger partial charge in [0.1, 0.15) is 17.2 Å². The molecule has 0 aliphatic rings. The van der Waals surface area contributed by atoms with Gasteiger partial charge in [0.25, 0.3) is 0 Å². The summed E-state index contributed by atoms with van der Waals surface area (Å²) in [5.41, 5.74) is -1.74. The zero-order valence-corrected chi connectivity index (χ0v) is 18.3. The summed E-state index contributed by atoms with van der Waals surface area (Å²) in [6.07, 6.45) is -4.15. The van der Waals surface area contributed by atoms with Crippen LogP contribution < -0.4 is 0 Å². The molecule has 0 aliphatic carbocycles. The Labute approximate surface area is 175 Å². The van der Waals surface area contributed by atoms with E-state index in [0.717, 1.165) is 6.92 Å². The van der Waals surface area contributed by atoms with Gasteiger partial charge in [-0.1, -0.05) is 30.3 Å². The maximum absolute atomic E-state index is 13.0. The van der Waals surface area contributed by atoms with Crippen LogP contribution in [-0.2, 0) is 23.8 Å². The van der Waals surface area contributed by atoms with Crippen molar-refractivity contribution in [3.8, 4) is 0 Å². The first kappa shape index (κ1) is 24.9. The highest BCUT2D eigenvalue weighted by molar-refractivity contribution is 5.90. The third kappa shape index (κ3) is 7.73. The van der Waals surface area contributed by atoms with Crippen molar-refractivity contribution in [2.45, 2.75) is 71.8 Å². The van der Waals surface area contributed by atoms with Crippen molar-refractivity contribution in [2.75, 3.05) is 0 Å². The number of carbonyl (C=O) groups is 4. The summed E-state index contributed by atoms with van der Waals surface area (Å²) in [5, 5.41) is 9.72. The van der Waals surface area contributed by atoms with E-state index in [0.29, 0.717) is 4.90 Å². The number of rotatable bonds is 5. The lowest BCUT2D eigenvalue weighted by Crippen LogP contribution is -2.51. The number of amides is 2. The molecule has 9 nitrogen and oxygen atoms in total. The summed E-state index contributed by atoms with van der Waals surface area (Å²) in [7, 11) is 0. The zero-order valence-electron chi connectivity index (χ0n) is 18.3. The molecule has 0 saturated carbocycles. The molecule has 0 saturated heterocycles. The molecule has 166 valence electrons. The van der Waals surface area contributed by atoms with Crippen LogP contribution in [0.25, 0.3) is 0 Å². The summed E-state index contributed by atoms with van der Waals surface area (Å²) in [6.45, 7) is 10.6. The van der Waals surface area contributed by atoms with Gasteiger partial charge in [0.15, 0.2) is 0 Å². The van der Waals surface area contributed by atoms with Gasteiger partial charge in [0, 0.05) is 6.92 Å². The first-order chi connectivity index (χ1) is 13.6. The topological polar surface area (TPSA) is 119 Å². The molecule has 0 fully saturated rings. The number of benzene rings is 1. The number of ether oxygens (including phenoxy) is 3. The first-order valence-electron chi connectivity index (χ1n) is 9.32. The molecule has 0 aliphatic heterocycles. The largest absolute Gasteiger partial charge is 0.478 e. The van der Waals surface area contributed by atoms with E-state index in [1.165, 1.54) is 12.1 Å².